The third-order valence-electron chi connectivity index (χ3n) is 4.59. The van der Waals surface area contributed by atoms with Crippen LogP contribution in [0.5, 0.6) is 17.2 Å². The minimum atomic E-state index is -0.684. The van der Waals surface area contributed by atoms with Gasteiger partial charge in [0.25, 0.3) is 5.91 Å². The summed E-state index contributed by atoms with van der Waals surface area (Å²) in [5, 5.41) is 2.58. The zero-order valence-electron chi connectivity index (χ0n) is 17.6. The number of nitrogens with one attached hydrogen (secondary N) is 1. The van der Waals surface area contributed by atoms with E-state index < -0.39 is 6.04 Å². The fourth-order valence-electron chi connectivity index (χ4n) is 2.97. The molecule has 2 rings (SSSR count). The smallest absolute Gasteiger partial charge is 0.261 e. The Morgan fingerprint density at radius 1 is 1.03 bits per heavy atom. The Balaban J connectivity index is 2.21. The van der Waals surface area contributed by atoms with Crippen LogP contribution in [0, 0.1) is 5.82 Å². The van der Waals surface area contributed by atoms with E-state index in [0.29, 0.717) is 29.2 Å². The largest absolute Gasteiger partial charge is 0.496 e. The van der Waals surface area contributed by atoms with E-state index in [2.05, 4.69) is 5.32 Å². The van der Waals surface area contributed by atoms with E-state index in [1.165, 1.54) is 38.3 Å². The summed E-state index contributed by atoms with van der Waals surface area (Å²) in [7, 11) is 4.55. The maximum absolute atomic E-state index is 13.2. The summed E-state index contributed by atoms with van der Waals surface area (Å²) in [6.45, 7) is 1.68. The maximum atomic E-state index is 13.2. The van der Waals surface area contributed by atoms with Crippen molar-refractivity contribution in [3.8, 4) is 17.2 Å². The van der Waals surface area contributed by atoms with Crippen molar-refractivity contribution in [2.24, 2.45) is 0 Å². The lowest BCUT2D eigenvalue weighted by atomic mass is 10.1. The third-order valence-corrected chi connectivity index (χ3v) is 4.59. The number of halogens is 1. The maximum Gasteiger partial charge on any atom is 0.261 e. The molecule has 0 unspecified atom stereocenters. The Morgan fingerprint density at radius 3 is 2.10 bits per heavy atom. The van der Waals surface area contributed by atoms with Crippen LogP contribution in [-0.2, 0) is 16.1 Å². The van der Waals surface area contributed by atoms with Crippen molar-refractivity contribution in [3.05, 3.63) is 53.8 Å². The summed E-state index contributed by atoms with van der Waals surface area (Å²) in [4.78, 5) is 26.8. The van der Waals surface area contributed by atoms with Crippen molar-refractivity contribution in [3.63, 3.8) is 0 Å². The molecule has 0 fully saturated rings. The van der Waals surface area contributed by atoms with Gasteiger partial charge in [0.05, 0.1) is 14.2 Å². The number of hydrogen-bond donors (Lipinski definition) is 1. The van der Waals surface area contributed by atoms with Crippen molar-refractivity contribution in [1.29, 1.82) is 0 Å². The molecule has 0 aliphatic rings. The lowest BCUT2D eigenvalue weighted by Crippen LogP contribution is -2.49. The molecule has 2 aromatic carbocycles. The molecule has 0 saturated carbocycles. The van der Waals surface area contributed by atoms with Crippen LogP contribution in [0.2, 0.25) is 0 Å². The zero-order chi connectivity index (χ0) is 22.1. The minimum Gasteiger partial charge on any atom is -0.496 e. The van der Waals surface area contributed by atoms with E-state index in [4.69, 9.17) is 14.2 Å². The summed E-state index contributed by atoms with van der Waals surface area (Å²) >= 11 is 0. The van der Waals surface area contributed by atoms with Gasteiger partial charge in [0.15, 0.2) is 6.61 Å². The Kier molecular flexibility index (Phi) is 8.46. The first kappa shape index (κ1) is 23.0. The second-order valence-corrected chi connectivity index (χ2v) is 6.52. The molecule has 0 radical (unpaired) electrons. The van der Waals surface area contributed by atoms with Crippen LogP contribution < -0.4 is 19.5 Å². The van der Waals surface area contributed by atoms with Gasteiger partial charge < -0.3 is 24.4 Å². The summed E-state index contributed by atoms with van der Waals surface area (Å²) in [6, 6.07) is 10.1. The van der Waals surface area contributed by atoms with Gasteiger partial charge in [0.2, 0.25) is 5.91 Å². The molecular weight excluding hydrogens is 391 g/mol. The van der Waals surface area contributed by atoms with Gasteiger partial charge in [-0.1, -0.05) is 19.1 Å². The number of ether oxygens (including phenoxy) is 3. The Hall–Kier alpha value is -3.29. The van der Waals surface area contributed by atoms with Crippen molar-refractivity contribution in [1.82, 2.24) is 10.2 Å². The first-order valence-electron chi connectivity index (χ1n) is 9.53. The molecule has 0 aliphatic heterocycles. The van der Waals surface area contributed by atoms with Gasteiger partial charge in [-0.15, -0.1) is 0 Å². The summed E-state index contributed by atoms with van der Waals surface area (Å²) < 4.78 is 29.3. The van der Waals surface area contributed by atoms with Gasteiger partial charge in [0, 0.05) is 31.8 Å². The fraction of sp³-hybridized carbons (Fsp3) is 0.364. The van der Waals surface area contributed by atoms with Gasteiger partial charge in [0.1, 0.15) is 29.1 Å². The number of hydrogen-bond acceptors (Lipinski definition) is 5. The van der Waals surface area contributed by atoms with Crippen LogP contribution in [0.25, 0.3) is 0 Å². The number of rotatable bonds is 10. The van der Waals surface area contributed by atoms with Crippen molar-refractivity contribution >= 4 is 11.8 Å². The SMILES string of the molecule is CC[C@H](C(=O)NC)N(Cc1ccc(F)cc1)C(=O)COc1cc(OC)cc(OC)c1. The van der Waals surface area contributed by atoms with Gasteiger partial charge in [-0.05, 0) is 24.1 Å². The van der Waals surface area contributed by atoms with E-state index in [0.717, 1.165) is 0 Å². The number of likely N-dealkylation sites (N-methyl/N-ethyl adjacent to an activating group) is 1. The second-order valence-electron chi connectivity index (χ2n) is 6.52. The van der Waals surface area contributed by atoms with Crippen molar-refractivity contribution < 1.29 is 28.2 Å². The lowest BCUT2D eigenvalue weighted by Gasteiger charge is -2.30. The van der Waals surface area contributed by atoms with E-state index in [-0.39, 0.29) is 30.8 Å². The molecule has 0 spiro atoms. The summed E-state index contributed by atoms with van der Waals surface area (Å²) in [5.41, 5.74) is 0.704. The quantitative estimate of drug-likeness (QED) is 0.642. The number of benzene rings is 2. The number of carbonyl (C=O) groups is 2. The third kappa shape index (κ3) is 6.10. The fourth-order valence-corrected chi connectivity index (χ4v) is 2.97. The number of amides is 2. The number of nitrogens with zero attached hydrogens (tertiary/aromatic N) is 1. The molecule has 0 aromatic heterocycles. The molecule has 0 aliphatic carbocycles. The standard InChI is InChI=1S/C22H27FN2O5/c1-5-20(22(27)24-2)25(13-15-6-8-16(23)9-7-15)21(26)14-30-19-11-17(28-3)10-18(12-19)29-4/h6-12,20H,5,13-14H2,1-4H3,(H,24,27)/t20-/m1/s1. The first-order chi connectivity index (χ1) is 14.4. The zero-order valence-corrected chi connectivity index (χ0v) is 17.6. The Morgan fingerprint density at radius 2 is 1.60 bits per heavy atom. The number of methoxy groups -OCH3 is 2. The van der Waals surface area contributed by atoms with Crippen LogP contribution in [0.15, 0.2) is 42.5 Å². The topological polar surface area (TPSA) is 77.1 Å². The first-order valence-corrected chi connectivity index (χ1v) is 9.53. The highest BCUT2D eigenvalue weighted by molar-refractivity contribution is 5.88. The Labute approximate surface area is 175 Å². The van der Waals surface area contributed by atoms with Crippen LogP contribution in [-0.4, -0.2) is 50.6 Å². The molecule has 162 valence electrons. The molecule has 0 heterocycles. The van der Waals surface area contributed by atoms with E-state index in [1.807, 2.05) is 6.92 Å². The molecular formula is C22H27FN2O5. The predicted octanol–water partition coefficient (Wildman–Crippen LogP) is 2.78. The monoisotopic (exact) mass is 418 g/mol. The predicted molar refractivity (Wildman–Crippen MR) is 110 cm³/mol. The molecule has 2 aromatic rings. The van der Waals surface area contributed by atoms with Crippen molar-refractivity contribution in [2.75, 3.05) is 27.9 Å². The molecule has 30 heavy (non-hydrogen) atoms. The average molecular weight is 418 g/mol. The normalized spacial score (nSPS) is 11.4. The van der Waals surface area contributed by atoms with Crippen LogP contribution in [0.1, 0.15) is 18.9 Å². The molecule has 2 amide bonds. The van der Waals surface area contributed by atoms with E-state index in [1.54, 1.807) is 30.3 Å². The highest BCUT2D eigenvalue weighted by Gasteiger charge is 2.28. The molecule has 1 atom stereocenters. The highest BCUT2D eigenvalue weighted by Crippen LogP contribution is 2.27. The van der Waals surface area contributed by atoms with Gasteiger partial charge in [-0.25, -0.2) is 4.39 Å². The van der Waals surface area contributed by atoms with Gasteiger partial charge >= 0.3 is 0 Å². The molecule has 0 bridgehead atoms. The number of carbonyl (C=O) groups excluding carboxylic acids is 2. The lowest BCUT2D eigenvalue weighted by molar-refractivity contribution is -0.142. The Bertz CT molecular complexity index is 835. The molecule has 1 N–H and O–H groups in total. The summed E-state index contributed by atoms with van der Waals surface area (Å²) in [6.07, 6.45) is 0.416. The second kappa shape index (κ2) is 11.0. The highest BCUT2D eigenvalue weighted by atomic mass is 19.1. The van der Waals surface area contributed by atoms with Gasteiger partial charge in [-0.3, -0.25) is 9.59 Å². The van der Waals surface area contributed by atoms with Crippen LogP contribution in [0.4, 0.5) is 4.39 Å². The van der Waals surface area contributed by atoms with Crippen molar-refractivity contribution in [2.45, 2.75) is 25.9 Å². The molecule has 8 heteroatoms. The van der Waals surface area contributed by atoms with Crippen LogP contribution >= 0.6 is 0 Å². The molecule has 7 nitrogen and oxygen atoms in total. The molecule has 0 saturated heterocycles. The van der Waals surface area contributed by atoms with Crippen LogP contribution in [0.3, 0.4) is 0 Å². The average Bonchev–Trinajstić information content (AvgIpc) is 2.77. The van der Waals surface area contributed by atoms with E-state index in [9.17, 15) is 14.0 Å². The van der Waals surface area contributed by atoms with Gasteiger partial charge in [-0.2, -0.15) is 0 Å². The summed E-state index contributed by atoms with van der Waals surface area (Å²) in [5.74, 6) is 0.417. The minimum absolute atomic E-state index is 0.149. The van der Waals surface area contributed by atoms with E-state index >= 15 is 0 Å².